The number of benzene rings is 2. The summed E-state index contributed by atoms with van der Waals surface area (Å²) in [6, 6.07) is 12.6. The molecule has 9 nitrogen and oxygen atoms in total. The van der Waals surface area contributed by atoms with Crippen LogP contribution >= 0.6 is 0 Å². The highest BCUT2D eigenvalue weighted by atomic mass is 16.6. The molecule has 37 heavy (non-hydrogen) atoms. The van der Waals surface area contributed by atoms with Gasteiger partial charge in [-0.15, -0.1) is 0 Å². The fraction of sp³-hybridized carbons (Fsp3) is 0.429. The molecule has 0 saturated carbocycles. The van der Waals surface area contributed by atoms with Crippen molar-refractivity contribution in [3.8, 4) is 23.0 Å². The highest BCUT2D eigenvalue weighted by molar-refractivity contribution is 5.88. The quantitative estimate of drug-likeness (QED) is 0.363. The molecule has 1 aromatic heterocycles. The van der Waals surface area contributed by atoms with Gasteiger partial charge in [-0.25, -0.2) is 4.79 Å². The fourth-order valence-corrected chi connectivity index (χ4v) is 4.30. The number of methoxy groups -OCH3 is 2. The van der Waals surface area contributed by atoms with Crippen LogP contribution in [0.4, 0.5) is 10.5 Å². The predicted octanol–water partition coefficient (Wildman–Crippen LogP) is 5.48. The first kappa shape index (κ1) is 26.5. The second-order valence-electron chi connectivity index (χ2n) is 8.84. The number of fused-ring (bicyclic) bond motifs is 1. The molecule has 2 aromatic carbocycles. The Morgan fingerprint density at radius 1 is 1.03 bits per heavy atom. The molecule has 0 radical (unpaired) electrons. The third kappa shape index (κ3) is 7.24. The Kier molecular flexibility index (Phi) is 9.40. The molecule has 0 spiro atoms. The molecule has 1 amide bonds. The monoisotopic (exact) mass is 509 g/mol. The number of amides is 1. The highest BCUT2D eigenvalue weighted by Gasteiger charge is 2.17. The number of hydrogen-bond donors (Lipinski definition) is 1. The molecular weight excluding hydrogens is 474 g/mol. The van der Waals surface area contributed by atoms with E-state index in [2.05, 4.69) is 22.1 Å². The number of ether oxygens (including phenoxy) is 5. The lowest BCUT2D eigenvalue weighted by Gasteiger charge is -2.28. The van der Waals surface area contributed by atoms with Gasteiger partial charge in [0.25, 0.3) is 0 Å². The standard InChI is InChI=1S/C28H35N3O6/c1-4-5-21(11-13-31-14-16-35-17-15-31)37-28(32)30-20-6-8-22(9-7-20)36-25-10-12-29-24-19-27(34-3)26(33-2)18-23(24)25/h6-10,12,18-19,21H,4-5,11,13-17H2,1-3H3,(H,30,32). The summed E-state index contributed by atoms with van der Waals surface area (Å²) >= 11 is 0. The molecule has 4 rings (SSSR count). The largest absolute Gasteiger partial charge is 0.493 e. The van der Waals surface area contributed by atoms with E-state index >= 15 is 0 Å². The second-order valence-corrected chi connectivity index (χ2v) is 8.84. The normalized spacial score (nSPS) is 14.7. The van der Waals surface area contributed by atoms with E-state index in [0.717, 1.165) is 63.0 Å². The van der Waals surface area contributed by atoms with E-state index in [0.29, 0.717) is 28.7 Å². The number of anilines is 1. The lowest BCUT2D eigenvalue weighted by Crippen LogP contribution is -2.38. The van der Waals surface area contributed by atoms with E-state index in [-0.39, 0.29) is 6.10 Å². The molecule has 3 aromatic rings. The average molecular weight is 510 g/mol. The topological polar surface area (TPSA) is 91.4 Å². The summed E-state index contributed by atoms with van der Waals surface area (Å²) in [5.41, 5.74) is 1.36. The molecule has 198 valence electrons. The second kappa shape index (κ2) is 13.1. The number of rotatable bonds is 11. The van der Waals surface area contributed by atoms with Crippen molar-refractivity contribution in [1.82, 2.24) is 9.88 Å². The van der Waals surface area contributed by atoms with Crippen molar-refractivity contribution in [2.45, 2.75) is 32.3 Å². The third-order valence-corrected chi connectivity index (χ3v) is 6.29. The molecular formula is C28H35N3O6. The summed E-state index contributed by atoms with van der Waals surface area (Å²) in [5, 5.41) is 3.62. The van der Waals surface area contributed by atoms with Crippen LogP contribution in [0.3, 0.4) is 0 Å². The van der Waals surface area contributed by atoms with Crippen molar-refractivity contribution in [3.05, 3.63) is 48.7 Å². The van der Waals surface area contributed by atoms with Crippen LogP contribution in [0, 0.1) is 0 Å². The maximum absolute atomic E-state index is 12.6. The van der Waals surface area contributed by atoms with E-state index < -0.39 is 6.09 Å². The van der Waals surface area contributed by atoms with Crippen molar-refractivity contribution < 1.29 is 28.5 Å². The highest BCUT2D eigenvalue weighted by Crippen LogP contribution is 2.37. The van der Waals surface area contributed by atoms with E-state index in [4.69, 9.17) is 23.7 Å². The Morgan fingerprint density at radius 2 is 1.76 bits per heavy atom. The maximum Gasteiger partial charge on any atom is 0.411 e. The minimum atomic E-state index is -0.449. The van der Waals surface area contributed by atoms with Gasteiger partial charge in [0.2, 0.25) is 0 Å². The van der Waals surface area contributed by atoms with E-state index in [9.17, 15) is 4.79 Å². The summed E-state index contributed by atoms with van der Waals surface area (Å²) in [6.07, 6.45) is 3.71. The van der Waals surface area contributed by atoms with Crippen molar-refractivity contribution >= 4 is 22.7 Å². The minimum Gasteiger partial charge on any atom is -0.493 e. The Hall–Kier alpha value is -3.56. The summed E-state index contributed by atoms with van der Waals surface area (Å²) in [5.74, 6) is 2.45. The number of carbonyl (C=O) groups excluding carboxylic acids is 1. The molecule has 1 N–H and O–H groups in total. The van der Waals surface area contributed by atoms with E-state index in [1.54, 1.807) is 50.7 Å². The Morgan fingerprint density at radius 3 is 2.46 bits per heavy atom. The molecule has 1 unspecified atom stereocenters. The van der Waals surface area contributed by atoms with Crippen LogP contribution in [0.15, 0.2) is 48.7 Å². The Balaban J connectivity index is 1.35. The van der Waals surface area contributed by atoms with Crippen LogP contribution in [0.2, 0.25) is 0 Å². The van der Waals surface area contributed by atoms with Crippen LogP contribution < -0.4 is 19.5 Å². The number of morpholine rings is 1. The van der Waals surface area contributed by atoms with Gasteiger partial charge in [-0.2, -0.15) is 0 Å². The van der Waals surface area contributed by atoms with Crippen LogP contribution in [-0.2, 0) is 9.47 Å². The van der Waals surface area contributed by atoms with Gasteiger partial charge in [0.15, 0.2) is 11.5 Å². The molecule has 0 aliphatic carbocycles. The molecule has 2 heterocycles. The van der Waals surface area contributed by atoms with Gasteiger partial charge in [-0.05, 0) is 49.2 Å². The fourth-order valence-electron chi connectivity index (χ4n) is 4.30. The Labute approximate surface area is 217 Å². The smallest absolute Gasteiger partial charge is 0.411 e. The number of nitrogens with one attached hydrogen (secondary N) is 1. The molecule has 1 atom stereocenters. The number of aromatic nitrogens is 1. The SMILES string of the molecule is CCCC(CCN1CCOCC1)OC(=O)Nc1ccc(Oc2ccnc3cc(OC)c(OC)cc23)cc1. The van der Waals surface area contributed by atoms with E-state index in [1.165, 1.54) is 0 Å². The van der Waals surface area contributed by atoms with Gasteiger partial charge in [-0.3, -0.25) is 15.2 Å². The van der Waals surface area contributed by atoms with Crippen molar-refractivity contribution in [1.29, 1.82) is 0 Å². The van der Waals surface area contributed by atoms with Crippen LogP contribution in [0.25, 0.3) is 10.9 Å². The van der Waals surface area contributed by atoms with Crippen molar-refractivity contribution in [2.24, 2.45) is 0 Å². The molecule has 9 heteroatoms. The summed E-state index contributed by atoms with van der Waals surface area (Å²) in [7, 11) is 3.18. The van der Waals surface area contributed by atoms with Gasteiger partial charge < -0.3 is 23.7 Å². The molecule has 1 fully saturated rings. The number of hydrogen-bond acceptors (Lipinski definition) is 8. The van der Waals surface area contributed by atoms with Crippen LogP contribution in [0.1, 0.15) is 26.2 Å². The summed E-state index contributed by atoms with van der Waals surface area (Å²) < 4.78 is 28.0. The maximum atomic E-state index is 12.6. The first-order chi connectivity index (χ1) is 18.1. The van der Waals surface area contributed by atoms with Crippen molar-refractivity contribution in [3.63, 3.8) is 0 Å². The van der Waals surface area contributed by atoms with Gasteiger partial charge in [0.05, 0.1) is 33.0 Å². The zero-order valence-corrected chi connectivity index (χ0v) is 21.7. The Bertz CT molecular complexity index is 1160. The number of carbonyl (C=O) groups is 1. The van der Waals surface area contributed by atoms with Gasteiger partial charge in [-0.1, -0.05) is 13.3 Å². The average Bonchev–Trinajstić information content (AvgIpc) is 2.93. The third-order valence-electron chi connectivity index (χ3n) is 6.29. The lowest BCUT2D eigenvalue weighted by atomic mass is 10.1. The van der Waals surface area contributed by atoms with Crippen molar-refractivity contribution in [2.75, 3.05) is 52.4 Å². The summed E-state index contributed by atoms with van der Waals surface area (Å²) in [4.78, 5) is 19.3. The van der Waals surface area contributed by atoms with Gasteiger partial charge in [0, 0.05) is 43.0 Å². The van der Waals surface area contributed by atoms with Gasteiger partial charge >= 0.3 is 6.09 Å². The minimum absolute atomic E-state index is 0.119. The molecule has 1 aliphatic heterocycles. The number of nitrogens with zero attached hydrogens (tertiary/aromatic N) is 2. The predicted molar refractivity (Wildman–Crippen MR) is 142 cm³/mol. The first-order valence-corrected chi connectivity index (χ1v) is 12.7. The number of pyridine rings is 1. The lowest BCUT2D eigenvalue weighted by molar-refractivity contribution is 0.0273. The van der Waals surface area contributed by atoms with E-state index in [1.807, 2.05) is 12.1 Å². The zero-order chi connectivity index (χ0) is 26.0. The van der Waals surface area contributed by atoms with Crippen LogP contribution in [0.5, 0.6) is 23.0 Å². The molecule has 0 bridgehead atoms. The van der Waals surface area contributed by atoms with Gasteiger partial charge in [0.1, 0.15) is 17.6 Å². The zero-order valence-electron chi connectivity index (χ0n) is 21.7. The summed E-state index contributed by atoms with van der Waals surface area (Å²) in [6.45, 7) is 6.38. The molecule has 1 saturated heterocycles. The van der Waals surface area contributed by atoms with Crippen LogP contribution in [-0.4, -0.2) is 69.1 Å². The first-order valence-electron chi connectivity index (χ1n) is 12.7. The molecule has 1 aliphatic rings.